The van der Waals surface area contributed by atoms with Gasteiger partial charge in [-0.1, -0.05) is 11.6 Å². The lowest BCUT2D eigenvalue weighted by Gasteiger charge is -2.15. The molecule has 2 aromatic heterocycles. The van der Waals surface area contributed by atoms with Crippen molar-refractivity contribution in [3.05, 3.63) is 39.3 Å². The largest absolute Gasteiger partial charge is 0.417 e. The van der Waals surface area contributed by atoms with Crippen molar-refractivity contribution in [2.45, 2.75) is 51.7 Å². The van der Waals surface area contributed by atoms with Crippen LogP contribution in [0.15, 0.2) is 22.5 Å². The molecule has 0 bridgehead atoms. The molecule has 28 heavy (non-hydrogen) atoms. The number of pyridine rings is 1. The minimum absolute atomic E-state index is 0.0116. The summed E-state index contributed by atoms with van der Waals surface area (Å²) in [5.74, 6) is -0.418. The van der Waals surface area contributed by atoms with E-state index < -0.39 is 23.2 Å². The third-order valence-electron chi connectivity index (χ3n) is 5.01. The molecule has 1 aliphatic carbocycles. The van der Waals surface area contributed by atoms with E-state index in [1.54, 1.807) is 0 Å². The number of halogens is 3. The lowest BCUT2D eigenvalue weighted by Crippen LogP contribution is -2.34. The van der Waals surface area contributed by atoms with Gasteiger partial charge in [-0.05, 0) is 39.0 Å². The Morgan fingerprint density at radius 2 is 2.07 bits per heavy atom. The van der Waals surface area contributed by atoms with Gasteiger partial charge >= 0.3 is 6.18 Å². The smallest absolute Gasteiger partial charge is 0.354 e. The zero-order valence-corrected chi connectivity index (χ0v) is 15.9. The van der Waals surface area contributed by atoms with Crippen LogP contribution >= 0.6 is 0 Å². The Labute approximate surface area is 160 Å². The summed E-state index contributed by atoms with van der Waals surface area (Å²) >= 11 is 0. The van der Waals surface area contributed by atoms with E-state index in [2.05, 4.69) is 16.5 Å². The second kappa shape index (κ2) is 7.81. The van der Waals surface area contributed by atoms with Gasteiger partial charge in [0.15, 0.2) is 0 Å². The van der Waals surface area contributed by atoms with Gasteiger partial charge in [-0.2, -0.15) is 18.3 Å². The molecule has 2 heterocycles. The third-order valence-corrected chi connectivity index (χ3v) is 5.01. The summed E-state index contributed by atoms with van der Waals surface area (Å²) in [6.45, 7) is 1.53. The van der Waals surface area contributed by atoms with Gasteiger partial charge in [0.2, 0.25) is 5.91 Å². The van der Waals surface area contributed by atoms with Gasteiger partial charge in [0.1, 0.15) is 12.2 Å². The van der Waals surface area contributed by atoms with Crippen molar-refractivity contribution in [2.24, 2.45) is 7.05 Å². The Morgan fingerprint density at radius 1 is 1.32 bits per heavy atom. The number of rotatable bonds is 5. The van der Waals surface area contributed by atoms with Crippen molar-refractivity contribution >= 4 is 16.9 Å². The summed E-state index contributed by atoms with van der Waals surface area (Å²) in [4.78, 5) is 24.7. The maximum Gasteiger partial charge on any atom is 0.417 e. The zero-order valence-electron chi connectivity index (χ0n) is 15.9. The van der Waals surface area contributed by atoms with Gasteiger partial charge in [0, 0.05) is 19.7 Å². The van der Waals surface area contributed by atoms with E-state index in [0.717, 1.165) is 30.3 Å². The molecule has 1 amide bonds. The topological polar surface area (TPSA) is 68.9 Å². The maximum absolute atomic E-state index is 13.4. The lowest BCUT2D eigenvalue weighted by molar-refractivity contribution is -0.136. The van der Waals surface area contributed by atoms with E-state index in [9.17, 15) is 22.8 Å². The monoisotopic (exact) mass is 396 g/mol. The highest BCUT2D eigenvalue weighted by molar-refractivity contribution is 5.85. The number of carbonyl (C=O) groups excluding carboxylic acids is 1. The molecule has 0 spiro atoms. The van der Waals surface area contributed by atoms with Gasteiger partial charge in [-0.25, -0.2) is 0 Å². The molecule has 0 aliphatic heterocycles. The molecule has 3 rings (SSSR count). The number of nitrogens with one attached hydrogen (secondary N) is 1. The van der Waals surface area contributed by atoms with Crippen molar-refractivity contribution in [2.75, 3.05) is 6.54 Å². The summed E-state index contributed by atoms with van der Waals surface area (Å²) < 4.78 is 42.3. The van der Waals surface area contributed by atoms with E-state index in [4.69, 9.17) is 0 Å². The fraction of sp³-hybridized carbons (Fsp3) is 0.526. The molecule has 2 aromatic rings. The molecule has 0 radical (unpaired) electrons. The number of allylic oxidation sites excluding steroid dienone is 1. The van der Waals surface area contributed by atoms with Crippen LogP contribution in [0.1, 0.15) is 43.4 Å². The average molecular weight is 396 g/mol. The van der Waals surface area contributed by atoms with Crippen LogP contribution in [0.3, 0.4) is 0 Å². The molecule has 0 aromatic carbocycles. The van der Waals surface area contributed by atoms with E-state index in [1.165, 1.54) is 30.6 Å². The van der Waals surface area contributed by atoms with Crippen molar-refractivity contribution in [1.82, 2.24) is 19.7 Å². The molecule has 0 saturated heterocycles. The molecule has 1 N–H and O–H groups in total. The van der Waals surface area contributed by atoms with E-state index >= 15 is 0 Å². The van der Waals surface area contributed by atoms with Crippen molar-refractivity contribution in [1.29, 1.82) is 0 Å². The average Bonchev–Trinajstić information content (AvgIpc) is 2.91. The molecule has 9 heteroatoms. The first-order valence-corrected chi connectivity index (χ1v) is 9.27. The minimum Gasteiger partial charge on any atom is -0.354 e. The summed E-state index contributed by atoms with van der Waals surface area (Å²) in [6.07, 6.45) is 2.68. The number of carbonyl (C=O) groups is 1. The molecule has 0 fully saturated rings. The predicted molar refractivity (Wildman–Crippen MR) is 98.9 cm³/mol. The van der Waals surface area contributed by atoms with E-state index in [0.29, 0.717) is 12.6 Å². The summed E-state index contributed by atoms with van der Waals surface area (Å²) in [5, 5.41) is 6.61. The van der Waals surface area contributed by atoms with Gasteiger partial charge in [-0.15, -0.1) is 0 Å². The molecule has 6 nitrogen and oxygen atoms in total. The highest BCUT2D eigenvalue weighted by Gasteiger charge is 2.36. The van der Waals surface area contributed by atoms with Crippen LogP contribution in [0.25, 0.3) is 11.0 Å². The van der Waals surface area contributed by atoms with Crippen molar-refractivity contribution in [3.63, 3.8) is 0 Å². The number of aryl methyl sites for hydroxylation is 2. The van der Waals surface area contributed by atoms with Crippen LogP contribution in [-0.4, -0.2) is 26.8 Å². The van der Waals surface area contributed by atoms with Crippen LogP contribution in [0.2, 0.25) is 0 Å². The third kappa shape index (κ3) is 4.13. The first-order valence-electron chi connectivity index (χ1n) is 9.27. The molecule has 0 atom stereocenters. The Hall–Kier alpha value is -2.58. The number of hydrogen-bond acceptors (Lipinski definition) is 3. The summed E-state index contributed by atoms with van der Waals surface area (Å²) in [6, 6.07) is 0.539. The lowest BCUT2D eigenvalue weighted by atomic mass is 9.97. The zero-order chi connectivity index (χ0) is 20.5. The Bertz CT molecular complexity index is 986. The van der Waals surface area contributed by atoms with Crippen LogP contribution in [0.4, 0.5) is 13.2 Å². The second-order valence-electron chi connectivity index (χ2n) is 7.10. The number of aromatic nitrogens is 3. The van der Waals surface area contributed by atoms with Gasteiger partial charge in [-0.3, -0.25) is 18.8 Å². The Kier molecular flexibility index (Phi) is 5.62. The molecular weight excluding hydrogens is 373 g/mol. The first-order chi connectivity index (χ1) is 13.2. The van der Waals surface area contributed by atoms with E-state index in [-0.39, 0.29) is 23.3 Å². The number of amides is 1. The Balaban J connectivity index is 1.83. The van der Waals surface area contributed by atoms with E-state index in [1.807, 2.05) is 0 Å². The van der Waals surface area contributed by atoms with Crippen molar-refractivity contribution < 1.29 is 18.0 Å². The standard InChI is InChI=1S/C19H23F3N4O2/c1-12-17-14(19(20,21)22)10-16(28)26(18(17)25(2)24-12)11-15(27)23-9-8-13-6-4-3-5-7-13/h6,10H,3-5,7-9,11H2,1-2H3,(H,23,27). The molecule has 0 unspecified atom stereocenters. The van der Waals surface area contributed by atoms with Gasteiger partial charge < -0.3 is 5.32 Å². The van der Waals surface area contributed by atoms with Crippen LogP contribution in [0, 0.1) is 6.92 Å². The fourth-order valence-electron chi connectivity index (χ4n) is 3.72. The number of fused-ring (bicyclic) bond motifs is 1. The molecule has 0 saturated carbocycles. The minimum atomic E-state index is -4.68. The molecular formula is C19H23F3N4O2. The molecule has 152 valence electrons. The molecule has 1 aliphatic rings. The summed E-state index contributed by atoms with van der Waals surface area (Å²) in [7, 11) is 1.46. The number of alkyl halides is 3. The highest BCUT2D eigenvalue weighted by Crippen LogP contribution is 2.35. The van der Waals surface area contributed by atoms with Gasteiger partial charge in [0.25, 0.3) is 5.56 Å². The highest BCUT2D eigenvalue weighted by atomic mass is 19.4. The maximum atomic E-state index is 13.4. The quantitative estimate of drug-likeness (QED) is 0.790. The normalized spacial score (nSPS) is 15.0. The number of nitrogens with zero attached hydrogens (tertiary/aromatic N) is 3. The first kappa shape index (κ1) is 20.2. The van der Waals surface area contributed by atoms with Crippen LogP contribution in [-0.2, 0) is 24.6 Å². The van der Waals surface area contributed by atoms with Crippen LogP contribution in [0.5, 0.6) is 0 Å². The second-order valence-corrected chi connectivity index (χ2v) is 7.10. The fourth-order valence-corrected chi connectivity index (χ4v) is 3.72. The Morgan fingerprint density at radius 3 is 2.71 bits per heavy atom. The predicted octanol–water partition coefficient (Wildman–Crippen LogP) is 3.07. The van der Waals surface area contributed by atoms with Crippen LogP contribution < -0.4 is 10.9 Å². The number of hydrogen-bond donors (Lipinski definition) is 1. The summed E-state index contributed by atoms with van der Waals surface area (Å²) in [5.41, 5.74) is -0.458. The van der Waals surface area contributed by atoms with Gasteiger partial charge in [0.05, 0.1) is 16.6 Å². The van der Waals surface area contributed by atoms with Crippen molar-refractivity contribution in [3.8, 4) is 0 Å². The SMILES string of the molecule is Cc1nn(C)c2c1c(C(F)(F)F)cc(=O)n2CC(=O)NCCC1=CCCCC1.